The monoisotopic (exact) mass is 311 g/mol. The van der Waals surface area contributed by atoms with Crippen LogP contribution in [0.25, 0.3) is 17.1 Å². The number of hydrogen-bond acceptors (Lipinski definition) is 4. The maximum atomic E-state index is 12.1. The summed E-state index contributed by atoms with van der Waals surface area (Å²) in [7, 11) is 0. The molecule has 5 nitrogen and oxygen atoms in total. The zero-order valence-corrected chi connectivity index (χ0v) is 13.2. The first kappa shape index (κ1) is 15.6. The lowest BCUT2D eigenvalue weighted by Crippen LogP contribution is -2.44. The molecule has 1 heterocycles. The molecular weight excluding hydrogens is 290 g/mol. The van der Waals surface area contributed by atoms with Crippen molar-refractivity contribution in [1.29, 1.82) is 0 Å². The third kappa shape index (κ3) is 3.40. The van der Waals surface area contributed by atoms with E-state index in [4.69, 9.17) is 0 Å². The van der Waals surface area contributed by atoms with Gasteiger partial charge in [0.25, 0.3) is 0 Å². The Kier molecular flexibility index (Phi) is 4.39. The number of para-hydroxylation sites is 2. The van der Waals surface area contributed by atoms with Crippen molar-refractivity contribution in [3.63, 3.8) is 0 Å². The van der Waals surface area contributed by atoms with Gasteiger partial charge in [0.05, 0.1) is 29.5 Å². The second kappa shape index (κ2) is 6.46. The maximum absolute atomic E-state index is 12.1. The standard InChI is InChI=1S/C18H21N3O2/c1-18(12-22)10-4-7-16(18)21-17(23)9-8-13-11-19-14-5-2-3-6-15(14)20-13/h2-3,5-6,8-9,11,16,22H,4,7,10,12H2,1H3,(H,21,23)/b9-8+. The molecule has 1 amide bonds. The summed E-state index contributed by atoms with van der Waals surface area (Å²) in [5.41, 5.74) is 2.07. The molecule has 2 unspecified atom stereocenters. The van der Waals surface area contributed by atoms with E-state index in [2.05, 4.69) is 15.3 Å². The number of aromatic nitrogens is 2. The number of hydrogen-bond donors (Lipinski definition) is 2. The molecule has 3 rings (SSSR count). The third-order valence-corrected chi connectivity index (χ3v) is 4.63. The lowest BCUT2D eigenvalue weighted by Gasteiger charge is -2.29. The van der Waals surface area contributed by atoms with E-state index in [1.807, 2.05) is 31.2 Å². The van der Waals surface area contributed by atoms with E-state index in [1.165, 1.54) is 6.08 Å². The van der Waals surface area contributed by atoms with Crippen LogP contribution in [0.3, 0.4) is 0 Å². The minimum atomic E-state index is -0.216. The van der Waals surface area contributed by atoms with Crippen LogP contribution >= 0.6 is 0 Å². The molecule has 0 radical (unpaired) electrons. The van der Waals surface area contributed by atoms with Crippen molar-refractivity contribution in [3.05, 3.63) is 42.2 Å². The first-order chi connectivity index (χ1) is 11.1. The van der Waals surface area contributed by atoms with Crippen LogP contribution in [0.2, 0.25) is 0 Å². The summed E-state index contributed by atoms with van der Waals surface area (Å²) < 4.78 is 0. The van der Waals surface area contributed by atoms with Gasteiger partial charge in [-0.3, -0.25) is 9.78 Å². The van der Waals surface area contributed by atoms with Gasteiger partial charge in [-0.2, -0.15) is 0 Å². The molecule has 2 atom stereocenters. The van der Waals surface area contributed by atoms with Crippen molar-refractivity contribution >= 4 is 23.0 Å². The summed E-state index contributed by atoms with van der Waals surface area (Å²) in [4.78, 5) is 20.9. The fourth-order valence-corrected chi connectivity index (χ4v) is 3.10. The smallest absolute Gasteiger partial charge is 0.244 e. The molecular formula is C18H21N3O2. The molecule has 1 fully saturated rings. The highest BCUT2D eigenvalue weighted by atomic mass is 16.3. The Labute approximate surface area is 135 Å². The largest absolute Gasteiger partial charge is 0.396 e. The van der Waals surface area contributed by atoms with Crippen molar-refractivity contribution in [2.24, 2.45) is 5.41 Å². The van der Waals surface area contributed by atoms with Crippen LogP contribution in [0.15, 0.2) is 36.5 Å². The molecule has 23 heavy (non-hydrogen) atoms. The molecule has 2 N–H and O–H groups in total. The van der Waals surface area contributed by atoms with Crippen LogP contribution < -0.4 is 5.32 Å². The summed E-state index contributed by atoms with van der Waals surface area (Å²) in [5.74, 6) is -0.161. The SMILES string of the molecule is CC1(CO)CCCC1NC(=O)/C=C/c1cnc2ccccc2n1. The van der Waals surface area contributed by atoms with E-state index in [1.54, 1.807) is 12.3 Å². The van der Waals surface area contributed by atoms with E-state index in [9.17, 15) is 9.90 Å². The molecule has 0 bridgehead atoms. The topological polar surface area (TPSA) is 75.1 Å². The molecule has 0 spiro atoms. The summed E-state index contributed by atoms with van der Waals surface area (Å²) in [6.45, 7) is 2.11. The maximum Gasteiger partial charge on any atom is 0.244 e. The molecule has 120 valence electrons. The first-order valence-electron chi connectivity index (χ1n) is 7.92. The van der Waals surface area contributed by atoms with Crippen LogP contribution in [-0.2, 0) is 4.79 Å². The van der Waals surface area contributed by atoms with Crippen LogP contribution in [-0.4, -0.2) is 33.6 Å². The van der Waals surface area contributed by atoms with Gasteiger partial charge in [0.1, 0.15) is 0 Å². The zero-order chi connectivity index (χ0) is 16.3. The summed E-state index contributed by atoms with van der Waals surface area (Å²) in [6, 6.07) is 7.64. The number of benzene rings is 1. The van der Waals surface area contributed by atoms with Gasteiger partial charge in [-0.05, 0) is 31.1 Å². The Morgan fingerprint density at radius 1 is 1.43 bits per heavy atom. The number of aliphatic hydroxyl groups is 1. The minimum absolute atomic E-state index is 0.0207. The zero-order valence-electron chi connectivity index (χ0n) is 13.2. The highest BCUT2D eigenvalue weighted by Crippen LogP contribution is 2.37. The normalized spacial score (nSPS) is 24.3. The molecule has 0 aliphatic heterocycles. The lowest BCUT2D eigenvalue weighted by atomic mass is 9.86. The van der Waals surface area contributed by atoms with Crippen molar-refractivity contribution in [3.8, 4) is 0 Å². The van der Waals surface area contributed by atoms with E-state index in [-0.39, 0.29) is 24.0 Å². The molecule has 1 aliphatic rings. The number of rotatable bonds is 4. The van der Waals surface area contributed by atoms with E-state index in [0.29, 0.717) is 5.69 Å². The predicted molar refractivity (Wildman–Crippen MR) is 89.5 cm³/mol. The number of fused-ring (bicyclic) bond motifs is 1. The average Bonchev–Trinajstić information content (AvgIpc) is 2.94. The van der Waals surface area contributed by atoms with Gasteiger partial charge in [0.15, 0.2) is 0 Å². The van der Waals surface area contributed by atoms with E-state index < -0.39 is 0 Å². The second-order valence-electron chi connectivity index (χ2n) is 6.38. The minimum Gasteiger partial charge on any atom is -0.396 e. The Morgan fingerprint density at radius 3 is 3.00 bits per heavy atom. The average molecular weight is 311 g/mol. The summed E-state index contributed by atoms with van der Waals surface area (Å²) in [6.07, 6.45) is 7.68. The first-order valence-corrected chi connectivity index (χ1v) is 7.92. The highest BCUT2D eigenvalue weighted by Gasteiger charge is 2.38. The third-order valence-electron chi connectivity index (χ3n) is 4.63. The van der Waals surface area contributed by atoms with Gasteiger partial charge in [-0.25, -0.2) is 4.98 Å². The van der Waals surface area contributed by atoms with E-state index in [0.717, 1.165) is 30.3 Å². The second-order valence-corrected chi connectivity index (χ2v) is 6.38. The lowest BCUT2D eigenvalue weighted by molar-refractivity contribution is -0.117. The molecule has 1 aromatic heterocycles. The fraction of sp³-hybridized carbons (Fsp3) is 0.389. The molecule has 1 aromatic carbocycles. The van der Waals surface area contributed by atoms with E-state index >= 15 is 0 Å². The number of carbonyl (C=O) groups excluding carboxylic acids is 1. The van der Waals surface area contributed by atoms with Gasteiger partial charge in [0.2, 0.25) is 5.91 Å². The van der Waals surface area contributed by atoms with Crippen LogP contribution in [0.1, 0.15) is 31.9 Å². The molecule has 0 saturated heterocycles. The van der Waals surface area contributed by atoms with Crippen LogP contribution in [0.4, 0.5) is 0 Å². The van der Waals surface area contributed by atoms with Gasteiger partial charge in [0, 0.05) is 17.5 Å². The van der Waals surface area contributed by atoms with Crippen molar-refractivity contribution < 1.29 is 9.90 Å². The van der Waals surface area contributed by atoms with Crippen LogP contribution in [0.5, 0.6) is 0 Å². The van der Waals surface area contributed by atoms with Gasteiger partial charge in [-0.1, -0.05) is 25.5 Å². The Balaban J connectivity index is 1.68. The van der Waals surface area contributed by atoms with Crippen molar-refractivity contribution in [2.45, 2.75) is 32.2 Å². The number of nitrogens with one attached hydrogen (secondary N) is 1. The summed E-state index contributed by atoms with van der Waals surface area (Å²) in [5, 5.41) is 12.5. The number of nitrogens with zero attached hydrogens (tertiary/aromatic N) is 2. The van der Waals surface area contributed by atoms with Crippen LogP contribution in [0, 0.1) is 5.41 Å². The Bertz CT molecular complexity index is 744. The van der Waals surface area contributed by atoms with Gasteiger partial charge in [-0.15, -0.1) is 0 Å². The fourth-order valence-electron chi connectivity index (χ4n) is 3.10. The summed E-state index contributed by atoms with van der Waals surface area (Å²) >= 11 is 0. The Hall–Kier alpha value is -2.27. The van der Waals surface area contributed by atoms with Crippen molar-refractivity contribution in [2.75, 3.05) is 6.61 Å². The number of carbonyl (C=O) groups is 1. The van der Waals surface area contributed by atoms with Gasteiger partial charge < -0.3 is 10.4 Å². The quantitative estimate of drug-likeness (QED) is 0.850. The van der Waals surface area contributed by atoms with Crippen molar-refractivity contribution in [1.82, 2.24) is 15.3 Å². The molecule has 1 aliphatic carbocycles. The Morgan fingerprint density at radius 2 is 2.22 bits per heavy atom. The molecule has 1 saturated carbocycles. The predicted octanol–water partition coefficient (Wildman–Crippen LogP) is 2.31. The molecule has 2 aromatic rings. The molecule has 5 heteroatoms. The number of amides is 1. The highest BCUT2D eigenvalue weighted by molar-refractivity contribution is 5.92. The van der Waals surface area contributed by atoms with Gasteiger partial charge >= 0.3 is 0 Å². The number of aliphatic hydroxyl groups excluding tert-OH is 1.